The van der Waals surface area contributed by atoms with Crippen LogP contribution in [-0.4, -0.2) is 32.3 Å². The van der Waals surface area contributed by atoms with Gasteiger partial charge in [0.1, 0.15) is 5.82 Å². The molecule has 21 heavy (non-hydrogen) atoms. The van der Waals surface area contributed by atoms with Crippen LogP contribution in [-0.2, 0) is 9.05 Å². The first-order valence-electron chi connectivity index (χ1n) is 6.73. The number of hydrogen-bond donors (Lipinski definition) is 0. The second kappa shape index (κ2) is 7.22. The first-order valence-corrected chi connectivity index (χ1v) is 9.04. The molecule has 0 saturated carbocycles. The molecule has 1 unspecified atom stereocenters. The summed E-state index contributed by atoms with van der Waals surface area (Å²) in [6.45, 7) is 6.84. The third-order valence-corrected chi connectivity index (χ3v) is 4.63. The number of benzene rings is 1. The van der Waals surface area contributed by atoms with Crippen molar-refractivity contribution in [3.63, 3.8) is 0 Å². The van der Waals surface area contributed by atoms with E-state index in [-0.39, 0.29) is 5.56 Å². The van der Waals surface area contributed by atoms with Gasteiger partial charge >= 0.3 is 0 Å². The van der Waals surface area contributed by atoms with Crippen molar-refractivity contribution in [2.45, 2.75) is 32.1 Å². The number of halogens is 2. The summed E-state index contributed by atoms with van der Waals surface area (Å²) in [4.78, 5) is 13.5. The Balaban J connectivity index is 3.14. The molecule has 7 heteroatoms. The minimum atomic E-state index is -4.08. The van der Waals surface area contributed by atoms with E-state index in [1.807, 2.05) is 20.8 Å². The summed E-state index contributed by atoms with van der Waals surface area (Å²) >= 11 is 0. The maximum absolute atomic E-state index is 13.5. The largest absolute Gasteiger partial charge is 0.339 e. The molecule has 1 amide bonds. The normalized spacial score (nSPS) is 13.0. The molecule has 0 bridgehead atoms. The number of amides is 1. The molecule has 4 nitrogen and oxygen atoms in total. The number of hydrogen-bond acceptors (Lipinski definition) is 3. The highest BCUT2D eigenvalue weighted by Gasteiger charge is 2.20. The van der Waals surface area contributed by atoms with E-state index in [9.17, 15) is 17.6 Å². The lowest BCUT2D eigenvalue weighted by Gasteiger charge is -2.24. The van der Waals surface area contributed by atoms with Gasteiger partial charge in [-0.15, -0.1) is 0 Å². The second-order valence-corrected chi connectivity index (χ2v) is 7.54. The zero-order chi connectivity index (χ0) is 16.2. The van der Waals surface area contributed by atoms with Crippen LogP contribution in [0.15, 0.2) is 23.1 Å². The van der Waals surface area contributed by atoms with Crippen molar-refractivity contribution in [1.29, 1.82) is 0 Å². The molecular formula is C14H19ClFNO3S. The van der Waals surface area contributed by atoms with Crippen LogP contribution in [0.1, 0.15) is 37.6 Å². The Kier molecular flexibility index (Phi) is 6.16. The predicted molar refractivity (Wildman–Crippen MR) is 80.5 cm³/mol. The van der Waals surface area contributed by atoms with E-state index in [4.69, 9.17) is 10.7 Å². The molecule has 1 rings (SSSR count). The molecular weight excluding hydrogens is 317 g/mol. The summed E-state index contributed by atoms with van der Waals surface area (Å²) in [5.74, 6) is -0.905. The van der Waals surface area contributed by atoms with Crippen molar-refractivity contribution in [3.8, 4) is 0 Å². The van der Waals surface area contributed by atoms with E-state index in [1.54, 1.807) is 4.90 Å². The Morgan fingerprint density at radius 2 is 1.95 bits per heavy atom. The Hall–Kier alpha value is -1.14. The Labute approximate surface area is 129 Å². The standard InChI is InChI=1S/C14H19ClFNO3S/c1-4-10(3)9-17(5-2)14(18)11-6-12(16)8-13(7-11)21(15,19)20/h6-8,10H,4-5,9H2,1-3H3. The first kappa shape index (κ1) is 17.9. The van der Waals surface area contributed by atoms with Gasteiger partial charge < -0.3 is 4.90 Å². The highest BCUT2D eigenvalue weighted by molar-refractivity contribution is 8.13. The molecule has 1 aromatic rings. The summed E-state index contributed by atoms with van der Waals surface area (Å²) in [5.41, 5.74) is -0.0145. The molecule has 0 aliphatic heterocycles. The van der Waals surface area contributed by atoms with Gasteiger partial charge in [-0.05, 0) is 31.0 Å². The van der Waals surface area contributed by atoms with E-state index < -0.39 is 25.7 Å². The summed E-state index contributed by atoms with van der Waals surface area (Å²) in [5, 5.41) is 0. The molecule has 0 radical (unpaired) electrons. The van der Waals surface area contributed by atoms with Gasteiger partial charge in [-0.1, -0.05) is 20.3 Å². The van der Waals surface area contributed by atoms with Gasteiger partial charge in [0.15, 0.2) is 0 Å². The van der Waals surface area contributed by atoms with Gasteiger partial charge in [-0.2, -0.15) is 0 Å². The van der Waals surface area contributed by atoms with Gasteiger partial charge in [0.05, 0.1) is 4.90 Å². The van der Waals surface area contributed by atoms with Crippen molar-refractivity contribution in [2.75, 3.05) is 13.1 Å². The molecule has 0 aromatic heterocycles. The quantitative estimate of drug-likeness (QED) is 0.750. The second-order valence-electron chi connectivity index (χ2n) is 4.97. The summed E-state index contributed by atoms with van der Waals surface area (Å²) in [6.07, 6.45) is 0.911. The van der Waals surface area contributed by atoms with Crippen LogP contribution in [0.3, 0.4) is 0 Å². The van der Waals surface area contributed by atoms with Crippen molar-refractivity contribution < 1.29 is 17.6 Å². The number of carbonyl (C=O) groups excluding carboxylic acids is 1. The Morgan fingerprint density at radius 1 is 1.33 bits per heavy atom. The van der Waals surface area contributed by atoms with Gasteiger partial charge in [-0.3, -0.25) is 4.79 Å². The van der Waals surface area contributed by atoms with Crippen LogP contribution in [0.25, 0.3) is 0 Å². The molecule has 0 heterocycles. The monoisotopic (exact) mass is 335 g/mol. The molecule has 0 saturated heterocycles. The van der Waals surface area contributed by atoms with E-state index in [2.05, 4.69) is 0 Å². The third kappa shape index (κ3) is 4.97. The van der Waals surface area contributed by atoms with Crippen molar-refractivity contribution >= 4 is 25.6 Å². The minimum absolute atomic E-state index is 0.0145. The lowest BCUT2D eigenvalue weighted by Crippen LogP contribution is -2.34. The van der Waals surface area contributed by atoms with Crippen molar-refractivity contribution in [2.24, 2.45) is 5.92 Å². The maximum atomic E-state index is 13.5. The van der Waals surface area contributed by atoms with Crippen molar-refractivity contribution in [3.05, 3.63) is 29.6 Å². The van der Waals surface area contributed by atoms with Gasteiger partial charge in [-0.25, -0.2) is 12.8 Å². The van der Waals surface area contributed by atoms with E-state index in [0.717, 1.165) is 24.6 Å². The highest BCUT2D eigenvalue weighted by Crippen LogP contribution is 2.20. The lowest BCUT2D eigenvalue weighted by molar-refractivity contribution is 0.0740. The smallest absolute Gasteiger partial charge is 0.261 e. The maximum Gasteiger partial charge on any atom is 0.261 e. The van der Waals surface area contributed by atoms with Crippen molar-refractivity contribution in [1.82, 2.24) is 4.90 Å². The number of rotatable bonds is 6. The van der Waals surface area contributed by atoms with Gasteiger partial charge in [0.25, 0.3) is 15.0 Å². The van der Waals surface area contributed by atoms with Crippen LogP contribution >= 0.6 is 10.7 Å². The van der Waals surface area contributed by atoms with Crippen LogP contribution in [0.5, 0.6) is 0 Å². The van der Waals surface area contributed by atoms with Crippen LogP contribution in [0, 0.1) is 11.7 Å². The highest BCUT2D eigenvalue weighted by atomic mass is 35.7. The molecule has 1 aromatic carbocycles. The minimum Gasteiger partial charge on any atom is -0.339 e. The Morgan fingerprint density at radius 3 is 2.43 bits per heavy atom. The zero-order valence-electron chi connectivity index (χ0n) is 12.3. The first-order chi connectivity index (χ1) is 9.68. The summed E-state index contributed by atoms with van der Waals surface area (Å²) in [7, 11) is 1.13. The topological polar surface area (TPSA) is 54.5 Å². The summed E-state index contributed by atoms with van der Waals surface area (Å²) < 4.78 is 36.1. The number of nitrogens with zero attached hydrogens (tertiary/aromatic N) is 1. The molecule has 0 aliphatic rings. The fourth-order valence-corrected chi connectivity index (χ4v) is 2.66. The van der Waals surface area contributed by atoms with Crippen LogP contribution < -0.4 is 0 Å². The Bertz CT molecular complexity index is 619. The predicted octanol–water partition coefficient (Wildman–Crippen LogP) is 3.26. The van der Waals surface area contributed by atoms with Gasteiger partial charge in [0.2, 0.25) is 0 Å². The molecule has 0 N–H and O–H groups in total. The van der Waals surface area contributed by atoms with Gasteiger partial charge in [0, 0.05) is 29.3 Å². The average molecular weight is 336 g/mol. The fourth-order valence-electron chi connectivity index (χ4n) is 1.87. The van der Waals surface area contributed by atoms with E-state index in [1.165, 1.54) is 0 Å². The summed E-state index contributed by atoms with van der Waals surface area (Å²) in [6, 6.07) is 2.92. The fraction of sp³-hybridized carbons (Fsp3) is 0.500. The molecule has 1 atom stereocenters. The molecule has 118 valence electrons. The number of carbonyl (C=O) groups is 1. The van der Waals surface area contributed by atoms with Crippen LogP contribution in [0.4, 0.5) is 4.39 Å². The average Bonchev–Trinajstić information content (AvgIpc) is 2.42. The van der Waals surface area contributed by atoms with Crippen LogP contribution in [0.2, 0.25) is 0 Å². The molecule has 0 aliphatic carbocycles. The SMILES string of the molecule is CCC(C)CN(CC)C(=O)c1cc(F)cc(S(=O)(=O)Cl)c1. The third-order valence-electron chi connectivity index (χ3n) is 3.30. The lowest BCUT2D eigenvalue weighted by atomic mass is 10.1. The van der Waals surface area contributed by atoms with E-state index in [0.29, 0.717) is 19.0 Å². The molecule has 0 fully saturated rings. The van der Waals surface area contributed by atoms with E-state index >= 15 is 0 Å². The zero-order valence-corrected chi connectivity index (χ0v) is 13.8. The molecule has 0 spiro atoms.